The van der Waals surface area contributed by atoms with Crippen molar-refractivity contribution in [2.24, 2.45) is 7.05 Å². The second-order valence-electron chi connectivity index (χ2n) is 3.71. The lowest BCUT2D eigenvalue weighted by Crippen LogP contribution is -2.06. The monoisotopic (exact) mass is 267 g/mol. The summed E-state index contributed by atoms with van der Waals surface area (Å²) in [6, 6.07) is 0. The van der Waals surface area contributed by atoms with Crippen molar-refractivity contribution in [3.63, 3.8) is 0 Å². The summed E-state index contributed by atoms with van der Waals surface area (Å²) in [5, 5.41) is 20.1. The van der Waals surface area contributed by atoms with Gasteiger partial charge in [-0.05, 0) is 6.42 Å². The Morgan fingerprint density at radius 1 is 1.61 bits per heavy atom. The molecule has 0 fully saturated rings. The predicted molar refractivity (Wildman–Crippen MR) is 68.7 cm³/mol. The molecular formula is C10H13N5O2S. The molecule has 0 saturated heterocycles. The Bertz CT molecular complexity index is 549. The predicted octanol–water partition coefficient (Wildman–Crippen LogP) is 1.96. The van der Waals surface area contributed by atoms with Gasteiger partial charge in [0.1, 0.15) is 5.69 Å². The van der Waals surface area contributed by atoms with E-state index in [2.05, 4.69) is 15.4 Å². The van der Waals surface area contributed by atoms with Crippen LogP contribution in [-0.4, -0.2) is 19.7 Å². The molecule has 0 unspecified atom stereocenters. The fraction of sp³-hybridized carbons (Fsp3) is 0.400. The van der Waals surface area contributed by atoms with Gasteiger partial charge >= 0.3 is 5.69 Å². The minimum atomic E-state index is -0.394. The fourth-order valence-corrected chi connectivity index (χ4v) is 2.25. The second kappa shape index (κ2) is 5.13. The topological polar surface area (TPSA) is 85.9 Å². The highest BCUT2D eigenvalue weighted by atomic mass is 32.1. The van der Waals surface area contributed by atoms with Crippen molar-refractivity contribution in [3.8, 4) is 0 Å². The number of nitrogens with one attached hydrogen (secondary N) is 1. The number of rotatable bonds is 5. The summed E-state index contributed by atoms with van der Waals surface area (Å²) in [5.41, 5.74) is 3.12. The SMILES string of the molecule is CCc1nn(C)c(NCc2cscn2)c1[N+](=O)[O-]. The summed E-state index contributed by atoms with van der Waals surface area (Å²) >= 11 is 1.49. The van der Waals surface area contributed by atoms with E-state index in [1.807, 2.05) is 12.3 Å². The number of aromatic nitrogens is 3. The normalized spacial score (nSPS) is 10.6. The molecule has 0 aromatic carbocycles. The largest absolute Gasteiger partial charge is 0.359 e. The van der Waals surface area contributed by atoms with Gasteiger partial charge in [0.25, 0.3) is 0 Å². The molecule has 0 saturated carbocycles. The lowest BCUT2D eigenvalue weighted by Gasteiger charge is -2.03. The summed E-state index contributed by atoms with van der Waals surface area (Å²) in [6.45, 7) is 2.30. The average Bonchev–Trinajstić information content (AvgIpc) is 2.93. The zero-order valence-electron chi connectivity index (χ0n) is 10.1. The number of hydrogen-bond acceptors (Lipinski definition) is 6. The van der Waals surface area contributed by atoms with Crippen LogP contribution in [0.1, 0.15) is 18.3 Å². The first-order valence-electron chi connectivity index (χ1n) is 5.44. The molecule has 7 nitrogen and oxygen atoms in total. The van der Waals surface area contributed by atoms with Gasteiger partial charge in [-0.15, -0.1) is 11.3 Å². The van der Waals surface area contributed by atoms with Crippen molar-refractivity contribution in [2.45, 2.75) is 19.9 Å². The van der Waals surface area contributed by atoms with Crippen LogP contribution in [-0.2, 0) is 20.0 Å². The van der Waals surface area contributed by atoms with Gasteiger partial charge in [0, 0.05) is 12.4 Å². The standard InChI is InChI=1S/C10H13N5O2S/c1-3-8-9(15(16)17)10(14(2)13-8)11-4-7-5-18-6-12-7/h5-6,11H,3-4H2,1-2H3. The van der Waals surface area contributed by atoms with Crippen LogP contribution in [0.2, 0.25) is 0 Å². The lowest BCUT2D eigenvalue weighted by molar-refractivity contribution is -0.384. The summed E-state index contributed by atoms with van der Waals surface area (Å²) in [7, 11) is 1.69. The molecule has 0 spiro atoms. The molecule has 96 valence electrons. The maximum atomic E-state index is 11.1. The summed E-state index contributed by atoms with van der Waals surface area (Å²) in [5.74, 6) is 0.421. The maximum Gasteiger partial charge on any atom is 0.333 e. The number of thiazole rings is 1. The summed E-state index contributed by atoms with van der Waals surface area (Å²) in [6.07, 6.45) is 0.530. The van der Waals surface area contributed by atoms with Crippen molar-refractivity contribution >= 4 is 22.8 Å². The van der Waals surface area contributed by atoms with E-state index in [1.165, 1.54) is 16.0 Å². The molecule has 0 radical (unpaired) electrons. The first-order chi connectivity index (χ1) is 8.63. The molecule has 8 heteroatoms. The number of aryl methyl sites for hydroxylation is 2. The summed E-state index contributed by atoms with van der Waals surface area (Å²) < 4.78 is 1.50. The zero-order valence-corrected chi connectivity index (χ0v) is 10.9. The third-order valence-electron chi connectivity index (χ3n) is 2.53. The van der Waals surface area contributed by atoms with Crippen LogP contribution in [0.4, 0.5) is 11.5 Å². The quantitative estimate of drug-likeness (QED) is 0.661. The van der Waals surface area contributed by atoms with Gasteiger partial charge in [0.2, 0.25) is 5.82 Å². The van der Waals surface area contributed by atoms with Crippen LogP contribution < -0.4 is 5.32 Å². The molecule has 0 amide bonds. The molecule has 0 aliphatic carbocycles. The maximum absolute atomic E-state index is 11.1. The third-order valence-corrected chi connectivity index (χ3v) is 3.17. The van der Waals surface area contributed by atoms with Crippen LogP contribution in [0.5, 0.6) is 0 Å². The molecule has 2 rings (SSSR count). The van der Waals surface area contributed by atoms with E-state index in [0.717, 1.165) is 5.69 Å². The summed E-state index contributed by atoms with van der Waals surface area (Å²) in [4.78, 5) is 14.8. The molecule has 0 aliphatic rings. The van der Waals surface area contributed by atoms with E-state index in [4.69, 9.17) is 0 Å². The minimum Gasteiger partial charge on any atom is -0.359 e. The zero-order chi connectivity index (χ0) is 13.1. The highest BCUT2D eigenvalue weighted by molar-refractivity contribution is 7.07. The van der Waals surface area contributed by atoms with Gasteiger partial charge in [0.05, 0.1) is 22.7 Å². The fourth-order valence-electron chi connectivity index (χ4n) is 1.70. The number of hydrogen-bond donors (Lipinski definition) is 1. The Hall–Kier alpha value is -1.96. The Balaban J connectivity index is 2.26. The third kappa shape index (κ3) is 2.33. The van der Waals surface area contributed by atoms with Crippen molar-refractivity contribution < 1.29 is 4.92 Å². The minimum absolute atomic E-state index is 0.0511. The average molecular weight is 267 g/mol. The highest BCUT2D eigenvalue weighted by Crippen LogP contribution is 2.28. The van der Waals surface area contributed by atoms with Gasteiger partial charge in [-0.25, -0.2) is 9.67 Å². The number of nitrogens with zero attached hydrogens (tertiary/aromatic N) is 4. The molecule has 0 atom stereocenters. The highest BCUT2D eigenvalue weighted by Gasteiger charge is 2.25. The molecular weight excluding hydrogens is 254 g/mol. The molecule has 2 aromatic heterocycles. The lowest BCUT2D eigenvalue weighted by atomic mass is 10.3. The van der Waals surface area contributed by atoms with Crippen LogP contribution in [0.25, 0.3) is 0 Å². The van der Waals surface area contributed by atoms with Crippen LogP contribution in [0.3, 0.4) is 0 Å². The van der Waals surface area contributed by atoms with Crippen molar-refractivity contribution in [1.82, 2.24) is 14.8 Å². The van der Waals surface area contributed by atoms with E-state index in [9.17, 15) is 10.1 Å². The van der Waals surface area contributed by atoms with Gasteiger partial charge in [0.15, 0.2) is 0 Å². The molecule has 0 aliphatic heterocycles. The van der Waals surface area contributed by atoms with E-state index < -0.39 is 4.92 Å². The Morgan fingerprint density at radius 2 is 2.39 bits per heavy atom. The number of anilines is 1. The van der Waals surface area contributed by atoms with Crippen molar-refractivity contribution in [2.75, 3.05) is 5.32 Å². The first-order valence-corrected chi connectivity index (χ1v) is 6.39. The van der Waals surface area contributed by atoms with Gasteiger partial charge < -0.3 is 5.32 Å². The Kier molecular flexibility index (Phi) is 3.56. The first kappa shape index (κ1) is 12.5. The van der Waals surface area contributed by atoms with E-state index in [1.54, 1.807) is 12.6 Å². The van der Waals surface area contributed by atoms with Crippen LogP contribution in [0, 0.1) is 10.1 Å². The Morgan fingerprint density at radius 3 is 2.94 bits per heavy atom. The molecule has 1 N–H and O–H groups in total. The Labute approximate surface area is 108 Å². The van der Waals surface area contributed by atoms with Crippen LogP contribution in [0.15, 0.2) is 10.9 Å². The van der Waals surface area contributed by atoms with Crippen LogP contribution >= 0.6 is 11.3 Å². The van der Waals surface area contributed by atoms with Gasteiger partial charge in [-0.2, -0.15) is 5.10 Å². The van der Waals surface area contributed by atoms with Crippen molar-refractivity contribution in [3.05, 3.63) is 32.4 Å². The van der Waals surface area contributed by atoms with Crippen molar-refractivity contribution in [1.29, 1.82) is 0 Å². The van der Waals surface area contributed by atoms with Gasteiger partial charge in [-0.1, -0.05) is 6.92 Å². The van der Waals surface area contributed by atoms with E-state index >= 15 is 0 Å². The smallest absolute Gasteiger partial charge is 0.333 e. The molecule has 0 bridgehead atoms. The second-order valence-corrected chi connectivity index (χ2v) is 4.43. The van der Waals surface area contributed by atoms with E-state index in [0.29, 0.717) is 24.5 Å². The van der Waals surface area contributed by atoms with E-state index in [-0.39, 0.29) is 5.69 Å². The molecule has 2 heterocycles. The molecule has 18 heavy (non-hydrogen) atoms. The molecule has 2 aromatic rings. The number of nitro groups is 1. The van der Waals surface area contributed by atoms with Gasteiger partial charge in [-0.3, -0.25) is 10.1 Å².